The molecule has 0 bridgehead atoms. The lowest BCUT2D eigenvalue weighted by atomic mass is 10.1. The maximum atomic E-state index is 12.9. The highest BCUT2D eigenvalue weighted by molar-refractivity contribution is 5.97. The molecule has 1 heterocycles. The fourth-order valence-corrected chi connectivity index (χ4v) is 2.96. The molecule has 3 aromatic rings. The first-order valence-electron chi connectivity index (χ1n) is 8.52. The van der Waals surface area contributed by atoms with Crippen LogP contribution in [0.1, 0.15) is 27.2 Å². The molecular weight excluding hydrogens is 344 g/mol. The summed E-state index contributed by atoms with van der Waals surface area (Å²) in [6.07, 6.45) is 0. The highest BCUT2D eigenvalue weighted by Gasteiger charge is 2.23. The molecule has 1 aromatic heterocycles. The van der Waals surface area contributed by atoms with Crippen LogP contribution >= 0.6 is 0 Å². The van der Waals surface area contributed by atoms with Gasteiger partial charge in [-0.25, -0.2) is 9.48 Å². The molecule has 0 fully saturated rings. The molecule has 0 radical (unpaired) electrons. The second kappa shape index (κ2) is 7.53. The van der Waals surface area contributed by atoms with Crippen molar-refractivity contribution in [3.8, 4) is 23.1 Å². The van der Waals surface area contributed by atoms with Crippen molar-refractivity contribution in [2.75, 3.05) is 14.2 Å². The summed E-state index contributed by atoms with van der Waals surface area (Å²) in [7, 11) is 2.99. The highest BCUT2D eigenvalue weighted by atomic mass is 16.5. The molecule has 2 aromatic carbocycles. The first-order chi connectivity index (χ1) is 12.9. The van der Waals surface area contributed by atoms with E-state index in [1.807, 2.05) is 32.9 Å². The first kappa shape index (κ1) is 18.5. The predicted octanol–water partition coefficient (Wildman–Crippen LogP) is 4.03. The number of hydrogen-bond acceptors (Lipinski definition) is 5. The molecule has 0 aliphatic carbocycles. The molecule has 0 unspecified atom stereocenters. The van der Waals surface area contributed by atoms with E-state index in [-0.39, 0.29) is 5.56 Å². The van der Waals surface area contributed by atoms with Crippen molar-refractivity contribution in [3.63, 3.8) is 0 Å². The number of esters is 1. The second-order valence-corrected chi connectivity index (χ2v) is 6.25. The number of benzene rings is 2. The molecule has 0 saturated carbocycles. The van der Waals surface area contributed by atoms with Crippen LogP contribution in [0.3, 0.4) is 0 Å². The number of aromatic nitrogens is 2. The minimum absolute atomic E-state index is 0.230. The molecule has 0 spiro atoms. The molecule has 0 atom stereocenters. The normalized spacial score (nSPS) is 10.6. The molecule has 0 amide bonds. The summed E-state index contributed by atoms with van der Waals surface area (Å²) in [4.78, 5) is 12.9. The van der Waals surface area contributed by atoms with E-state index < -0.39 is 5.97 Å². The van der Waals surface area contributed by atoms with Gasteiger partial charge in [0, 0.05) is 6.07 Å². The molecule has 140 valence electrons. The third-order valence-electron chi connectivity index (χ3n) is 4.21. The minimum atomic E-state index is -0.574. The standard InChI is InChI=1S/C21H22N2O4/c1-13-9-10-16(14(2)11-13)23-19(12-15(3)22-23)27-21(24)20-17(25-4)7-6-8-18(20)26-5/h6-12H,1-5H3. The van der Waals surface area contributed by atoms with Gasteiger partial charge in [0.15, 0.2) is 0 Å². The largest absolute Gasteiger partial charge is 0.496 e. The average Bonchev–Trinajstić information content (AvgIpc) is 3.00. The average molecular weight is 366 g/mol. The van der Waals surface area contributed by atoms with Gasteiger partial charge in [0.2, 0.25) is 5.88 Å². The van der Waals surface area contributed by atoms with Crippen LogP contribution < -0.4 is 14.2 Å². The molecule has 27 heavy (non-hydrogen) atoms. The Morgan fingerprint density at radius 2 is 1.63 bits per heavy atom. The number of carbonyl (C=O) groups excluding carboxylic acids is 1. The van der Waals surface area contributed by atoms with Crippen LogP contribution in [0.5, 0.6) is 17.4 Å². The third kappa shape index (κ3) is 3.65. The van der Waals surface area contributed by atoms with E-state index in [9.17, 15) is 4.79 Å². The maximum Gasteiger partial charge on any atom is 0.352 e. The molecule has 0 aliphatic heterocycles. The van der Waals surface area contributed by atoms with Crippen LogP contribution in [0.15, 0.2) is 42.5 Å². The van der Waals surface area contributed by atoms with E-state index in [4.69, 9.17) is 14.2 Å². The van der Waals surface area contributed by atoms with Crippen LogP contribution in [0.25, 0.3) is 5.69 Å². The van der Waals surface area contributed by atoms with E-state index in [0.29, 0.717) is 17.4 Å². The van der Waals surface area contributed by atoms with Crippen molar-refractivity contribution in [3.05, 3.63) is 64.8 Å². The Labute approximate surface area is 158 Å². The quantitative estimate of drug-likeness (QED) is 0.638. The Morgan fingerprint density at radius 3 is 2.22 bits per heavy atom. The van der Waals surface area contributed by atoms with Crippen LogP contribution in [0.2, 0.25) is 0 Å². The summed E-state index contributed by atoms with van der Waals surface area (Å²) >= 11 is 0. The van der Waals surface area contributed by atoms with Crippen molar-refractivity contribution >= 4 is 5.97 Å². The number of ether oxygens (including phenoxy) is 3. The zero-order chi connectivity index (χ0) is 19.6. The number of hydrogen-bond donors (Lipinski definition) is 0. The van der Waals surface area contributed by atoms with E-state index in [0.717, 1.165) is 22.5 Å². The van der Waals surface area contributed by atoms with Gasteiger partial charge in [0.05, 0.1) is 25.6 Å². The zero-order valence-corrected chi connectivity index (χ0v) is 16.1. The Hall–Kier alpha value is -3.28. The van der Waals surface area contributed by atoms with Gasteiger partial charge >= 0.3 is 5.97 Å². The topological polar surface area (TPSA) is 62.6 Å². The van der Waals surface area contributed by atoms with E-state index in [1.165, 1.54) is 14.2 Å². The number of rotatable bonds is 5. The summed E-state index contributed by atoms with van der Waals surface area (Å²) in [6.45, 7) is 5.87. The summed E-state index contributed by atoms with van der Waals surface area (Å²) in [5.41, 5.74) is 4.00. The van der Waals surface area contributed by atoms with Crippen molar-refractivity contribution < 1.29 is 19.0 Å². The monoisotopic (exact) mass is 366 g/mol. The second-order valence-electron chi connectivity index (χ2n) is 6.25. The van der Waals surface area contributed by atoms with Gasteiger partial charge in [-0.3, -0.25) is 0 Å². The number of carbonyl (C=O) groups is 1. The Kier molecular flexibility index (Phi) is 5.16. The number of nitrogens with zero attached hydrogens (tertiary/aromatic N) is 2. The summed E-state index contributed by atoms with van der Waals surface area (Å²) < 4.78 is 17.9. The number of methoxy groups -OCH3 is 2. The molecule has 3 rings (SSSR count). The Balaban J connectivity index is 2.02. The van der Waals surface area contributed by atoms with E-state index in [2.05, 4.69) is 11.2 Å². The van der Waals surface area contributed by atoms with E-state index >= 15 is 0 Å². The molecule has 6 heteroatoms. The van der Waals surface area contributed by atoms with Gasteiger partial charge in [0.1, 0.15) is 17.1 Å². The van der Waals surface area contributed by atoms with E-state index in [1.54, 1.807) is 28.9 Å². The molecular formula is C21H22N2O4. The zero-order valence-electron chi connectivity index (χ0n) is 16.1. The van der Waals surface area contributed by atoms with Crippen molar-refractivity contribution in [2.45, 2.75) is 20.8 Å². The molecule has 6 nitrogen and oxygen atoms in total. The van der Waals surface area contributed by atoms with Gasteiger partial charge in [-0.2, -0.15) is 5.10 Å². The Bertz CT molecular complexity index is 970. The molecule has 0 N–H and O–H groups in total. The maximum absolute atomic E-state index is 12.9. The predicted molar refractivity (Wildman–Crippen MR) is 102 cm³/mol. The summed E-state index contributed by atoms with van der Waals surface area (Å²) in [5, 5.41) is 4.48. The lowest BCUT2D eigenvalue weighted by molar-refractivity contribution is 0.0716. The Morgan fingerprint density at radius 1 is 0.963 bits per heavy atom. The minimum Gasteiger partial charge on any atom is -0.496 e. The lowest BCUT2D eigenvalue weighted by Gasteiger charge is -2.14. The van der Waals surface area contributed by atoms with Crippen molar-refractivity contribution in [1.29, 1.82) is 0 Å². The highest BCUT2D eigenvalue weighted by Crippen LogP contribution is 2.30. The van der Waals surface area contributed by atoms with Gasteiger partial charge in [-0.1, -0.05) is 23.8 Å². The van der Waals surface area contributed by atoms with Crippen LogP contribution in [-0.4, -0.2) is 30.0 Å². The van der Waals surface area contributed by atoms with Gasteiger partial charge in [0.25, 0.3) is 0 Å². The summed E-state index contributed by atoms with van der Waals surface area (Å²) in [6, 6.07) is 12.8. The fourth-order valence-electron chi connectivity index (χ4n) is 2.96. The smallest absolute Gasteiger partial charge is 0.352 e. The first-order valence-corrected chi connectivity index (χ1v) is 8.52. The third-order valence-corrected chi connectivity index (χ3v) is 4.21. The summed E-state index contributed by atoms with van der Waals surface area (Å²) in [5.74, 6) is 0.523. The fraction of sp³-hybridized carbons (Fsp3) is 0.238. The van der Waals surface area contributed by atoms with Gasteiger partial charge in [-0.05, 0) is 44.5 Å². The SMILES string of the molecule is COc1cccc(OC)c1C(=O)Oc1cc(C)nn1-c1ccc(C)cc1C. The molecule has 0 saturated heterocycles. The lowest BCUT2D eigenvalue weighted by Crippen LogP contribution is -2.14. The van der Waals surface area contributed by atoms with Crippen molar-refractivity contribution in [1.82, 2.24) is 9.78 Å². The van der Waals surface area contributed by atoms with Crippen LogP contribution in [0.4, 0.5) is 0 Å². The van der Waals surface area contributed by atoms with Crippen LogP contribution in [-0.2, 0) is 0 Å². The van der Waals surface area contributed by atoms with Crippen LogP contribution in [0, 0.1) is 20.8 Å². The number of aryl methyl sites for hydroxylation is 3. The van der Waals surface area contributed by atoms with Gasteiger partial charge < -0.3 is 14.2 Å². The van der Waals surface area contributed by atoms with Gasteiger partial charge in [-0.15, -0.1) is 0 Å². The molecule has 0 aliphatic rings. The van der Waals surface area contributed by atoms with Crippen molar-refractivity contribution in [2.24, 2.45) is 0 Å².